The Labute approximate surface area is 125 Å². The lowest BCUT2D eigenvalue weighted by molar-refractivity contribution is -0.136. The summed E-state index contributed by atoms with van der Waals surface area (Å²) in [5.41, 5.74) is 1.09. The lowest BCUT2D eigenvalue weighted by Gasteiger charge is -2.30. The van der Waals surface area contributed by atoms with Crippen LogP contribution in [0.25, 0.3) is 0 Å². The molecule has 0 aromatic heterocycles. The Morgan fingerprint density at radius 2 is 2.20 bits per heavy atom. The van der Waals surface area contributed by atoms with Gasteiger partial charge in [0.1, 0.15) is 11.2 Å². The highest BCUT2D eigenvalue weighted by Gasteiger charge is 2.21. The summed E-state index contributed by atoms with van der Waals surface area (Å²) in [5, 5.41) is 0. The molecule has 0 saturated carbocycles. The topological polar surface area (TPSA) is 38.8 Å². The molecule has 1 saturated heterocycles. The van der Waals surface area contributed by atoms with Gasteiger partial charge >= 0.3 is 0 Å². The third-order valence-corrected chi connectivity index (χ3v) is 3.73. The predicted octanol–water partition coefficient (Wildman–Crippen LogP) is 2.13. The van der Waals surface area contributed by atoms with Crippen molar-refractivity contribution in [3.05, 3.63) is 29.8 Å². The van der Waals surface area contributed by atoms with E-state index in [0.717, 1.165) is 18.6 Å². The Morgan fingerprint density at radius 1 is 1.45 bits per heavy atom. The Bertz CT molecular complexity index is 435. The number of benzene rings is 1. The van der Waals surface area contributed by atoms with Crippen LogP contribution in [0.3, 0.4) is 0 Å². The second-order valence-corrected chi connectivity index (χ2v) is 5.44. The van der Waals surface area contributed by atoms with Crippen molar-refractivity contribution in [1.29, 1.82) is 0 Å². The summed E-state index contributed by atoms with van der Waals surface area (Å²) in [5.74, 6) is 1.05. The SMILES string of the molecule is COc1ccc(CCCC(=O)N2CCOC(S)C2)cc1. The maximum atomic E-state index is 12.1. The van der Waals surface area contributed by atoms with E-state index in [-0.39, 0.29) is 11.3 Å². The summed E-state index contributed by atoms with van der Waals surface area (Å²) < 4.78 is 10.4. The first-order chi connectivity index (χ1) is 9.69. The first-order valence-corrected chi connectivity index (χ1v) is 7.41. The summed E-state index contributed by atoms with van der Waals surface area (Å²) in [6, 6.07) is 7.98. The van der Waals surface area contributed by atoms with Crippen molar-refractivity contribution < 1.29 is 14.3 Å². The fraction of sp³-hybridized carbons (Fsp3) is 0.533. The second kappa shape index (κ2) is 7.55. The number of hydrogen-bond donors (Lipinski definition) is 1. The Balaban J connectivity index is 1.73. The number of carbonyl (C=O) groups is 1. The number of nitrogens with zero attached hydrogens (tertiary/aromatic N) is 1. The summed E-state index contributed by atoms with van der Waals surface area (Å²) in [6.07, 6.45) is 2.34. The van der Waals surface area contributed by atoms with Crippen LogP contribution in [0.4, 0.5) is 0 Å². The molecule has 1 amide bonds. The molecule has 0 N–H and O–H groups in total. The van der Waals surface area contributed by atoms with Crippen LogP contribution in [-0.4, -0.2) is 43.0 Å². The van der Waals surface area contributed by atoms with Gasteiger partial charge in [0.2, 0.25) is 5.91 Å². The fourth-order valence-corrected chi connectivity index (χ4v) is 2.55. The van der Waals surface area contributed by atoms with Gasteiger partial charge in [0.15, 0.2) is 0 Å². The molecule has 0 spiro atoms. The average Bonchev–Trinajstić information content (AvgIpc) is 2.48. The van der Waals surface area contributed by atoms with Gasteiger partial charge < -0.3 is 14.4 Å². The first kappa shape index (κ1) is 15.2. The molecule has 2 rings (SSSR count). The zero-order chi connectivity index (χ0) is 14.4. The minimum absolute atomic E-state index is 0.144. The molecular formula is C15H21NO3S. The summed E-state index contributed by atoms with van der Waals surface area (Å²) in [4.78, 5) is 13.9. The minimum Gasteiger partial charge on any atom is -0.497 e. The highest BCUT2D eigenvalue weighted by Crippen LogP contribution is 2.14. The number of methoxy groups -OCH3 is 1. The maximum Gasteiger partial charge on any atom is 0.222 e. The molecule has 1 fully saturated rings. The van der Waals surface area contributed by atoms with E-state index in [1.54, 1.807) is 7.11 Å². The smallest absolute Gasteiger partial charge is 0.222 e. The van der Waals surface area contributed by atoms with Crippen LogP contribution in [0.2, 0.25) is 0 Å². The largest absolute Gasteiger partial charge is 0.497 e. The molecule has 1 atom stereocenters. The first-order valence-electron chi connectivity index (χ1n) is 6.89. The van der Waals surface area contributed by atoms with Crippen molar-refractivity contribution in [1.82, 2.24) is 4.90 Å². The molecule has 110 valence electrons. The Kier molecular flexibility index (Phi) is 5.73. The van der Waals surface area contributed by atoms with E-state index in [0.29, 0.717) is 26.1 Å². The number of hydrogen-bond acceptors (Lipinski definition) is 4. The van der Waals surface area contributed by atoms with Crippen molar-refractivity contribution in [2.45, 2.75) is 24.7 Å². The molecule has 1 aliphatic rings. The van der Waals surface area contributed by atoms with E-state index in [1.165, 1.54) is 5.56 Å². The second-order valence-electron chi connectivity index (χ2n) is 4.87. The zero-order valence-corrected chi connectivity index (χ0v) is 12.6. The Morgan fingerprint density at radius 3 is 2.85 bits per heavy atom. The van der Waals surface area contributed by atoms with Gasteiger partial charge in [0, 0.05) is 13.0 Å². The molecular weight excluding hydrogens is 274 g/mol. The maximum absolute atomic E-state index is 12.1. The van der Waals surface area contributed by atoms with Crippen LogP contribution in [0, 0.1) is 0 Å². The van der Waals surface area contributed by atoms with Gasteiger partial charge in [-0.1, -0.05) is 12.1 Å². The van der Waals surface area contributed by atoms with E-state index >= 15 is 0 Å². The van der Waals surface area contributed by atoms with Crippen LogP contribution in [0.1, 0.15) is 18.4 Å². The molecule has 1 unspecified atom stereocenters. The van der Waals surface area contributed by atoms with Gasteiger partial charge in [-0.3, -0.25) is 4.79 Å². The van der Waals surface area contributed by atoms with Crippen molar-refractivity contribution in [3.8, 4) is 5.75 Å². The van der Waals surface area contributed by atoms with Gasteiger partial charge in [-0.15, -0.1) is 12.6 Å². The van der Waals surface area contributed by atoms with E-state index in [9.17, 15) is 4.79 Å². The van der Waals surface area contributed by atoms with E-state index < -0.39 is 0 Å². The molecule has 1 aliphatic heterocycles. The number of carbonyl (C=O) groups excluding carboxylic acids is 1. The van der Waals surface area contributed by atoms with Crippen molar-refractivity contribution in [3.63, 3.8) is 0 Å². The average molecular weight is 295 g/mol. The number of morpholine rings is 1. The van der Waals surface area contributed by atoms with Gasteiger partial charge in [-0.2, -0.15) is 0 Å². The third kappa shape index (κ3) is 4.42. The van der Waals surface area contributed by atoms with Crippen molar-refractivity contribution in [2.24, 2.45) is 0 Å². The highest BCUT2D eigenvalue weighted by atomic mass is 32.1. The third-order valence-electron chi connectivity index (χ3n) is 3.42. The van der Waals surface area contributed by atoms with Gasteiger partial charge in [0.25, 0.3) is 0 Å². The van der Waals surface area contributed by atoms with Gasteiger partial charge in [0.05, 0.1) is 20.3 Å². The van der Waals surface area contributed by atoms with Gasteiger partial charge in [-0.25, -0.2) is 0 Å². The Hall–Kier alpha value is -1.20. The van der Waals surface area contributed by atoms with Crippen LogP contribution < -0.4 is 4.74 Å². The zero-order valence-electron chi connectivity index (χ0n) is 11.7. The fourth-order valence-electron chi connectivity index (χ4n) is 2.25. The normalized spacial score (nSPS) is 18.9. The summed E-state index contributed by atoms with van der Waals surface area (Å²) in [7, 11) is 1.66. The van der Waals surface area contributed by atoms with E-state index in [2.05, 4.69) is 12.6 Å². The van der Waals surface area contributed by atoms with Crippen molar-refractivity contribution in [2.75, 3.05) is 26.8 Å². The standard InChI is InChI=1S/C15H21NO3S/c1-18-13-7-5-12(6-8-13)3-2-4-14(17)16-9-10-19-15(20)11-16/h5-8,15,20H,2-4,9-11H2,1H3. The molecule has 1 aromatic carbocycles. The van der Waals surface area contributed by atoms with E-state index in [4.69, 9.17) is 9.47 Å². The number of aryl methyl sites for hydroxylation is 1. The number of ether oxygens (including phenoxy) is 2. The predicted molar refractivity (Wildman–Crippen MR) is 81.2 cm³/mol. The quantitative estimate of drug-likeness (QED) is 0.846. The number of thiol groups is 1. The lowest BCUT2D eigenvalue weighted by atomic mass is 10.1. The summed E-state index contributed by atoms with van der Waals surface area (Å²) in [6.45, 7) is 1.85. The minimum atomic E-state index is -0.144. The van der Waals surface area contributed by atoms with Crippen LogP contribution in [-0.2, 0) is 16.0 Å². The molecule has 5 heteroatoms. The van der Waals surface area contributed by atoms with Crippen LogP contribution in [0.5, 0.6) is 5.75 Å². The molecule has 20 heavy (non-hydrogen) atoms. The summed E-state index contributed by atoms with van der Waals surface area (Å²) >= 11 is 4.25. The van der Waals surface area contributed by atoms with Gasteiger partial charge in [-0.05, 0) is 30.5 Å². The lowest BCUT2D eigenvalue weighted by Crippen LogP contribution is -2.43. The van der Waals surface area contributed by atoms with Crippen LogP contribution >= 0.6 is 12.6 Å². The highest BCUT2D eigenvalue weighted by molar-refractivity contribution is 7.80. The molecule has 0 radical (unpaired) electrons. The monoisotopic (exact) mass is 295 g/mol. The molecule has 0 aliphatic carbocycles. The van der Waals surface area contributed by atoms with Crippen LogP contribution in [0.15, 0.2) is 24.3 Å². The van der Waals surface area contributed by atoms with E-state index in [1.807, 2.05) is 29.2 Å². The molecule has 1 aromatic rings. The van der Waals surface area contributed by atoms with Crippen molar-refractivity contribution >= 4 is 18.5 Å². The molecule has 4 nitrogen and oxygen atoms in total. The number of amides is 1. The molecule has 0 bridgehead atoms. The molecule has 1 heterocycles. The number of rotatable bonds is 5.